The van der Waals surface area contributed by atoms with Gasteiger partial charge in [-0.2, -0.15) is 0 Å². The molecule has 2 atom stereocenters. The lowest BCUT2D eigenvalue weighted by Crippen LogP contribution is -2.43. The van der Waals surface area contributed by atoms with E-state index in [9.17, 15) is 23.1 Å². The van der Waals surface area contributed by atoms with Crippen molar-refractivity contribution in [3.63, 3.8) is 0 Å². The van der Waals surface area contributed by atoms with E-state index in [4.69, 9.17) is 20.9 Å². The summed E-state index contributed by atoms with van der Waals surface area (Å²) in [4.78, 5) is 26.8. The predicted molar refractivity (Wildman–Crippen MR) is 117 cm³/mol. The molecule has 0 fully saturated rings. The van der Waals surface area contributed by atoms with Crippen molar-refractivity contribution in [3.05, 3.63) is 23.8 Å². The van der Waals surface area contributed by atoms with Crippen LogP contribution in [0.4, 0.5) is 0 Å². The van der Waals surface area contributed by atoms with Crippen LogP contribution in [-0.4, -0.2) is 69.0 Å². The minimum absolute atomic E-state index is 0.0540. The van der Waals surface area contributed by atoms with Crippen LogP contribution in [-0.2, 0) is 26.0 Å². The first-order valence-corrected chi connectivity index (χ1v) is 11.7. The quantitative estimate of drug-likeness (QED) is 0.186. The van der Waals surface area contributed by atoms with E-state index in [1.54, 1.807) is 18.2 Å². The Balaban J connectivity index is 1.96. The summed E-state index contributed by atoms with van der Waals surface area (Å²) in [5.41, 5.74) is 10.9. The Bertz CT molecular complexity index is 947. The van der Waals surface area contributed by atoms with Gasteiger partial charge in [-0.3, -0.25) is 9.59 Å². The van der Waals surface area contributed by atoms with Crippen molar-refractivity contribution in [1.29, 1.82) is 0 Å². The summed E-state index contributed by atoms with van der Waals surface area (Å²) in [6, 6.07) is 3.56. The number of hydrogen-bond acceptors (Lipinski definition) is 7. The first-order chi connectivity index (χ1) is 15.1. The van der Waals surface area contributed by atoms with Gasteiger partial charge in [-0.25, -0.2) is 18.1 Å². The molecule has 32 heavy (non-hydrogen) atoms. The zero-order valence-corrected chi connectivity index (χ0v) is 18.6. The molecule has 12 nitrogen and oxygen atoms in total. The average Bonchev–Trinajstić information content (AvgIpc) is 2.74. The van der Waals surface area contributed by atoms with Crippen molar-refractivity contribution in [1.82, 2.24) is 10.0 Å². The molecule has 0 radical (unpaired) electrons. The minimum atomic E-state index is -3.70. The van der Waals surface area contributed by atoms with Crippen molar-refractivity contribution in [2.45, 2.75) is 38.3 Å². The normalized spacial score (nSPS) is 16.1. The molecule has 13 heteroatoms. The molecule has 1 aromatic rings. The molecule has 1 heterocycles. The third-order valence-corrected chi connectivity index (χ3v) is 5.95. The van der Waals surface area contributed by atoms with Crippen LogP contribution in [0.5, 0.6) is 11.5 Å². The molecular formula is C19H29N5O7S. The molecule has 0 saturated carbocycles. The van der Waals surface area contributed by atoms with Crippen molar-refractivity contribution in [3.8, 4) is 11.5 Å². The van der Waals surface area contributed by atoms with E-state index in [-0.39, 0.29) is 43.7 Å². The van der Waals surface area contributed by atoms with Crippen LogP contribution in [0.2, 0.25) is 0 Å². The highest BCUT2D eigenvalue weighted by Crippen LogP contribution is 2.32. The third-order valence-electron chi connectivity index (χ3n) is 4.48. The summed E-state index contributed by atoms with van der Waals surface area (Å²) in [5, 5.41) is 12.1. The molecule has 1 amide bonds. The lowest BCUT2D eigenvalue weighted by molar-refractivity contribution is -0.139. The summed E-state index contributed by atoms with van der Waals surface area (Å²) in [5.74, 6) is -1.11. The number of benzene rings is 1. The summed E-state index contributed by atoms with van der Waals surface area (Å²) in [7, 11) is -3.70. The average molecular weight is 472 g/mol. The fourth-order valence-electron chi connectivity index (χ4n) is 2.86. The number of aliphatic imine (C=N–C) groups is 1. The highest BCUT2D eigenvalue weighted by molar-refractivity contribution is 7.89. The molecule has 178 valence electrons. The van der Waals surface area contributed by atoms with Crippen LogP contribution in [0.3, 0.4) is 0 Å². The second-order valence-electron chi connectivity index (χ2n) is 7.26. The van der Waals surface area contributed by atoms with Crippen LogP contribution in [0.1, 0.15) is 25.3 Å². The summed E-state index contributed by atoms with van der Waals surface area (Å²) < 4.78 is 37.9. The Kier molecular flexibility index (Phi) is 9.08. The van der Waals surface area contributed by atoms with Crippen molar-refractivity contribution in [2.75, 3.05) is 25.4 Å². The smallest absolute Gasteiger partial charge is 0.322 e. The summed E-state index contributed by atoms with van der Waals surface area (Å²) in [6.07, 6.45) is 0.638. The Morgan fingerprint density at radius 1 is 1.31 bits per heavy atom. The second kappa shape index (κ2) is 11.5. The summed E-state index contributed by atoms with van der Waals surface area (Å²) >= 11 is 0. The number of nitrogens with one attached hydrogen (secondary N) is 2. The van der Waals surface area contributed by atoms with Crippen LogP contribution < -0.4 is 31.0 Å². The predicted octanol–water partition coefficient (Wildman–Crippen LogP) is -1.07. The highest BCUT2D eigenvalue weighted by atomic mass is 32.2. The van der Waals surface area contributed by atoms with E-state index in [0.29, 0.717) is 29.9 Å². The van der Waals surface area contributed by atoms with E-state index in [1.165, 1.54) is 0 Å². The third kappa shape index (κ3) is 8.23. The molecule has 1 aromatic carbocycles. The van der Waals surface area contributed by atoms with Gasteiger partial charge in [-0.05, 0) is 30.5 Å². The van der Waals surface area contributed by atoms with E-state index in [2.05, 4.69) is 15.0 Å². The van der Waals surface area contributed by atoms with E-state index in [0.717, 1.165) is 0 Å². The van der Waals surface area contributed by atoms with Gasteiger partial charge in [0.2, 0.25) is 15.9 Å². The minimum Gasteiger partial charge on any atom is -0.486 e. The standard InChI is InChI=1S/C19H29N5O7S/c1-2-3-6-32(28,29)24-14(18(26)27)7-12-4-5-15-16(8-12)30-11-13(31-15)9-22-17(25)10-23-19(20)21/h4-5,8,13-14,24H,2-3,6-7,9-11H2,1H3,(H,22,25)(H,26,27)(H4,20,21,23)/t13?,14-/m0/s1. The fraction of sp³-hybridized carbons (Fsp3) is 0.526. The zero-order valence-electron chi connectivity index (χ0n) is 17.7. The maximum Gasteiger partial charge on any atom is 0.322 e. The van der Waals surface area contributed by atoms with Crippen molar-refractivity contribution < 1.29 is 32.6 Å². The number of carbonyl (C=O) groups is 2. The lowest BCUT2D eigenvalue weighted by Gasteiger charge is -2.27. The Labute approximate surface area is 186 Å². The number of carboxylic acids is 1. The SMILES string of the molecule is CCCCS(=O)(=O)N[C@@H](Cc1ccc2c(c1)OCC(CNC(=O)CN=C(N)N)O2)C(=O)O. The van der Waals surface area contributed by atoms with Gasteiger partial charge in [0.25, 0.3) is 0 Å². The van der Waals surface area contributed by atoms with E-state index < -0.39 is 28.1 Å². The van der Waals surface area contributed by atoms with Gasteiger partial charge < -0.3 is 31.4 Å². The fourth-order valence-corrected chi connectivity index (χ4v) is 4.26. The molecule has 1 aliphatic rings. The number of carboxylic acid groups (broad SMARTS) is 1. The number of amides is 1. The molecule has 0 spiro atoms. The number of rotatable bonds is 12. The van der Waals surface area contributed by atoms with Crippen molar-refractivity contribution in [2.24, 2.45) is 16.5 Å². The monoisotopic (exact) mass is 471 g/mol. The number of sulfonamides is 1. The van der Waals surface area contributed by atoms with Crippen LogP contribution in [0.15, 0.2) is 23.2 Å². The van der Waals surface area contributed by atoms with Gasteiger partial charge in [-0.1, -0.05) is 19.4 Å². The Morgan fingerprint density at radius 2 is 2.06 bits per heavy atom. The largest absolute Gasteiger partial charge is 0.486 e. The first kappa shape index (κ1) is 25.2. The topological polar surface area (TPSA) is 195 Å². The number of nitrogens with two attached hydrogens (primary N) is 2. The van der Waals surface area contributed by atoms with Gasteiger partial charge in [-0.15, -0.1) is 0 Å². The zero-order chi connectivity index (χ0) is 23.7. The molecule has 1 aliphatic heterocycles. The van der Waals surface area contributed by atoms with Gasteiger partial charge in [0, 0.05) is 0 Å². The molecule has 0 saturated heterocycles. The number of fused-ring (bicyclic) bond motifs is 1. The van der Waals surface area contributed by atoms with E-state index in [1.807, 2.05) is 6.92 Å². The number of aliphatic carboxylic acids is 1. The molecule has 1 unspecified atom stereocenters. The molecule has 2 rings (SSSR count). The molecule has 7 N–H and O–H groups in total. The number of unbranched alkanes of at least 4 members (excludes halogenated alkanes) is 1. The maximum atomic E-state index is 12.1. The second-order valence-corrected chi connectivity index (χ2v) is 9.14. The summed E-state index contributed by atoms with van der Waals surface area (Å²) in [6.45, 7) is 2.00. The van der Waals surface area contributed by atoms with Gasteiger partial charge in [0.15, 0.2) is 17.5 Å². The Morgan fingerprint density at radius 3 is 2.72 bits per heavy atom. The van der Waals surface area contributed by atoms with Crippen LogP contribution >= 0.6 is 0 Å². The van der Waals surface area contributed by atoms with E-state index >= 15 is 0 Å². The first-order valence-electron chi connectivity index (χ1n) is 10.1. The highest BCUT2D eigenvalue weighted by Gasteiger charge is 2.26. The van der Waals surface area contributed by atoms with Gasteiger partial charge in [0.05, 0.1) is 12.3 Å². The number of carbonyl (C=O) groups excluding carboxylic acids is 1. The lowest BCUT2D eigenvalue weighted by atomic mass is 10.1. The molecule has 0 aromatic heterocycles. The number of guanidine groups is 1. The van der Waals surface area contributed by atoms with Gasteiger partial charge in [0.1, 0.15) is 25.3 Å². The number of hydrogen-bond donors (Lipinski definition) is 5. The molecule has 0 bridgehead atoms. The number of ether oxygens (including phenoxy) is 2. The van der Waals surface area contributed by atoms with Crippen molar-refractivity contribution >= 4 is 27.9 Å². The number of nitrogens with zero attached hydrogens (tertiary/aromatic N) is 1. The van der Waals surface area contributed by atoms with Crippen LogP contribution in [0.25, 0.3) is 0 Å². The van der Waals surface area contributed by atoms with Crippen LogP contribution in [0, 0.1) is 0 Å². The van der Waals surface area contributed by atoms with Gasteiger partial charge >= 0.3 is 5.97 Å². The molecular weight excluding hydrogens is 442 g/mol. The maximum absolute atomic E-state index is 12.1. The molecule has 0 aliphatic carbocycles. The Hall–Kier alpha value is -3.06.